The quantitative estimate of drug-likeness (QED) is 0.394. The number of hydrogen-bond donors (Lipinski definition) is 1. The maximum absolute atomic E-state index is 13.3. The molecule has 3 aromatic rings. The molecule has 7 heteroatoms. The third-order valence-electron chi connectivity index (χ3n) is 4.44. The Morgan fingerprint density at radius 3 is 2.10 bits per heavy atom. The first-order chi connectivity index (χ1) is 13.8. The number of sulfonamides is 1. The van der Waals surface area contributed by atoms with Gasteiger partial charge in [-0.15, -0.1) is 0 Å². The molecule has 0 aliphatic heterocycles. The summed E-state index contributed by atoms with van der Waals surface area (Å²) in [6.45, 7) is 1.86. The summed E-state index contributed by atoms with van der Waals surface area (Å²) < 4.78 is 41.7. The van der Waals surface area contributed by atoms with Crippen molar-refractivity contribution in [2.75, 3.05) is 0 Å². The normalized spacial score (nSPS) is 13.6. The Labute approximate surface area is 178 Å². The van der Waals surface area contributed by atoms with Gasteiger partial charge in [0.05, 0.1) is 9.72 Å². The number of aryl methyl sites for hydroxylation is 1. The molecule has 0 aliphatic rings. The van der Waals surface area contributed by atoms with E-state index in [1.54, 1.807) is 42.5 Å². The minimum absolute atomic E-state index is 0.0627. The highest BCUT2D eigenvalue weighted by molar-refractivity contribution is 9.09. The van der Waals surface area contributed by atoms with Gasteiger partial charge < -0.3 is 0 Å². The van der Waals surface area contributed by atoms with Crippen molar-refractivity contribution in [2.45, 2.75) is 22.7 Å². The van der Waals surface area contributed by atoms with Gasteiger partial charge >= 0.3 is 0 Å². The lowest BCUT2D eigenvalue weighted by molar-refractivity contribution is 0.0952. The summed E-state index contributed by atoms with van der Waals surface area (Å²) in [7, 11) is -3.97. The first-order valence-electron chi connectivity index (χ1n) is 8.86. The Morgan fingerprint density at radius 1 is 0.931 bits per heavy atom. The fourth-order valence-corrected chi connectivity index (χ4v) is 4.88. The number of halogens is 2. The van der Waals surface area contributed by atoms with Crippen LogP contribution in [-0.4, -0.2) is 20.2 Å². The van der Waals surface area contributed by atoms with E-state index in [9.17, 15) is 17.6 Å². The molecule has 0 aromatic heterocycles. The van der Waals surface area contributed by atoms with Gasteiger partial charge in [0.15, 0.2) is 5.78 Å². The van der Waals surface area contributed by atoms with Gasteiger partial charge in [-0.2, -0.15) is 4.72 Å². The molecule has 2 atom stereocenters. The smallest absolute Gasteiger partial charge is 0.241 e. The van der Waals surface area contributed by atoms with Gasteiger partial charge in [-0.05, 0) is 36.8 Å². The number of carbonyl (C=O) groups excluding carboxylic acids is 1. The van der Waals surface area contributed by atoms with E-state index in [0.29, 0.717) is 11.1 Å². The summed E-state index contributed by atoms with van der Waals surface area (Å²) in [5, 5.41) is 0. The van der Waals surface area contributed by atoms with Gasteiger partial charge in [0, 0.05) is 5.56 Å². The van der Waals surface area contributed by atoms with Crippen molar-refractivity contribution in [3.05, 3.63) is 101 Å². The van der Waals surface area contributed by atoms with Crippen molar-refractivity contribution in [3.8, 4) is 0 Å². The summed E-state index contributed by atoms with van der Waals surface area (Å²) in [5.74, 6) is -0.813. The minimum Gasteiger partial charge on any atom is -0.292 e. The average molecular weight is 476 g/mol. The van der Waals surface area contributed by atoms with Crippen molar-refractivity contribution in [1.29, 1.82) is 0 Å². The predicted octanol–water partition coefficient (Wildman–Crippen LogP) is 4.80. The Hall–Kier alpha value is -2.35. The maximum Gasteiger partial charge on any atom is 0.241 e. The zero-order chi connectivity index (χ0) is 21.0. The molecule has 0 radical (unpaired) electrons. The Bertz CT molecular complexity index is 1090. The summed E-state index contributed by atoms with van der Waals surface area (Å²) in [6.07, 6.45) is 0. The lowest BCUT2D eigenvalue weighted by atomic mass is 9.98. The lowest BCUT2D eigenvalue weighted by Crippen LogP contribution is -2.43. The van der Waals surface area contributed by atoms with E-state index >= 15 is 0 Å². The number of benzene rings is 3. The van der Waals surface area contributed by atoms with Crippen LogP contribution in [0.5, 0.6) is 0 Å². The Morgan fingerprint density at radius 2 is 1.52 bits per heavy atom. The molecule has 0 unspecified atom stereocenters. The van der Waals surface area contributed by atoms with Gasteiger partial charge in [-0.3, -0.25) is 4.79 Å². The molecular formula is C22H19BrFNO3S. The van der Waals surface area contributed by atoms with Gasteiger partial charge in [-0.25, -0.2) is 12.8 Å². The van der Waals surface area contributed by atoms with Crippen LogP contribution in [0.15, 0.2) is 83.8 Å². The van der Waals surface area contributed by atoms with Gasteiger partial charge in [0.1, 0.15) is 11.9 Å². The van der Waals surface area contributed by atoms with Gasteiger partial charge in [-0.1, -0.05) is 76.1 Å². The molecule has 0 aliphatic carbocycles. The molecule has 3 rings (SSSR count). The summed E-state index contributed by atoms with van der Waals surface area (Å²) in [5.41, 5.74) is 1.87. The van der Waals surface area contributed by atoms with Crippen LogP contribution in [-0.2, 0) is 10.0 Å². The van der Waals surface area contributed by atoms with E-state index in [4.69, 9.17) is 0 Å². The van der Waals surface area contributed by atoms with Crippen LogP contribution >= 0.6 is 15.9 Å². The highest BCUT2D eigenvalue weighted by Crippen LogP contribution is 2.30. The van der Waals surface area contributed by atoms with Crippen LogP contribution in [0, 0.1) is 12.7 Å². The highest BCUT2D eigenvalue weighted by Gasteiger charge is 2.33. The third kappa shape index (κ3) is 5.18. The molecule has 3 aromatic carbocycles. The average Bonchev–Trinajstić information content (AvgIpc) is 2.72. The van der Waals surface area contributed by atoms with Gasteiger partial charge in [0.25, 0.3) is 0 Å². The largest absolute Gasteiger partial charge is 0.292 e. The van der Waals surface area contributed by atoms with Crippen LogP contribution in [0.1, 0.15) is 26.3 Å². The standard InChI is InChI=1S/C22H19BrFNO3S/c1-15-7-13-19(14-8-15)29(27,28)25-21(22(26)17-5-3-2-4-6-17)20(23)16-9-11-18(24)12-10-16/h2-14,20-21,25H,1H3/t20-,21-/m1/s1. The number of rotatable bonds is 7. The molecule has 0 amide bonds. The van der Waals surface area contributed by atoms with Crippen molar-refractivity contribution in [1.82, 2.24) is 4.72 Å². The van der Waals surface area contributed by atoms with Crippen LogP contribution in [0.25, 0.3) is 0 Å². The number of alkyl halides is 1. The van der Waals surface area contributed by atoms with E-state index in [0.717, 1.165) is 5.56 Å². The number of carbonyl (C=O) groups is 1. The molecule has 1 N–H and O–H groups in total. The fourth-order valence-electron chi connectivity index (χ4n) is 2.82. The van der Waals surface area contributed by atoms with E-state index in [1.165, 1.54) is 36.4 Å². The molecule has 29 heavy (non-hydrogen) atoms. The SMILES string of the molecule is Cc1ccc(S(=O)(=O)N[C@@H](C(=O)c2ccccc2)[C@H](Br)c2ccc(F)cc2)cc1. The van der Waals surface area contributed by atoms with Gasteiger partial charge in [0.2, 0.25) is 10.0 Å². The van der Waals surface area contributed by atoms with Crippen molar-refractivity contribution < 1.29 is 17.6 Å². The first kappa shape index (κ1) is 21.4. The second-order valence-electron chi connectivity index (χ2n) is 6.60. The van der Waals surface area contributed by atoms with Crippen molar-refractivity contribution in [2.24, 2.45) is 0 Å². The zero-order valence-electron chi connectivity index (χ0n) is 15.5. The molecule has 0 spiro atoms. The zero-order valence-corrected chi connectivity index (χ0v) is 18.0. The Kier molecular flexibility index (Phi) is 6.62. The van der Waals surface area contributed by atoms with Crippen LogP contribution in [0.4, 0.5) is 4.39 Å². The molecular weight excluding hydrogens is 457 g/mol. The van der Waals surface area contributed by atoms with Crippen LogP contribution < -0.4 is 4.72 Å². The summed E-state index contributed by atoms with van der Waals surface area (Å²) >= 11 is 3.44. The van der Waals surface area contributed by atoms with Crippen molar-refractivity contribution >= 4 is 31.7 Å². The molecule has 0 saturated heterocycles. The molecule has 0 saturated carbocycles. The monoisotopic (exact) mass is 475 g/mol. The first-order valence-corrected chi connectivity index (χ1v) is 11.3. The molecule has 0 heterocycles. The van der Waals surface area contributed by atoms with E-state index in [1.807, 2.05) is 6.92 Å². The molecule has 4 nitrogen and oxygen atoms in total. The molecule has 150 valence electrons. The number of nitrogens with one attached hydrogen (secondary N) is 1. The maximum atomic E-state index is 13.3. The Balaban J connectivity index is 1.99. The number of ketones is 1. The topological polar surface area (TPSA) is 63.2 Å². The summed E-state index contributed by atoms with van der Waals surface area (Å²) in [6, 6.07) is 19.2. The number of hydrogen-bond acceptors (Lipinski definition) is 3. The molecule has 0 fully saturated rings. The fraction of sp³-hybridized carbons (Fsp3) is 0.136. The van der Waals surface area contributed by atoms with E-state index in [2.05, 4.69) is 20.7 Å². The second kappa shape index (κ2) is 8.98. The minimum atomic E-state index is -3.97. The predicted molar refractivity (Wildman–Crippen MR) is 114 cm³/mol. The highest BCUT2D eigenvalue weighted by atomic mass is 79.9. The third-order valence-corrected chi connectivity index (χ3v) is 6.95. The van der Waals surface area contributed by atoms with Crippen LogP contribution in [0.2, 0.25) is 0 Å². The lowest BCUT2D eigenvalue weighted by Gasteiger charge is -2.23. The van der Waals surface area contributed by atoms with Crippen molar-refractivity contribution in [3.63, 3.8) is 0 Å². The van der Waals surface area contributed by atoms with Crippen LogP contribution in [0.3, 0.4) is 0 Å². The summed E-state index contributed by atoms with van der Waals surface area (Å²) in [4.78, 5) is 12.5. The van der Waals surface area contributed by atoms with E-state index < -0.39 is 32.5 Å². The second-order valence-corrected chi connectivity index (χ2v) is 9.30. The van der Waals surface area contributed by atoms with E-state index in [-0.39, 0.29) is 4.90 Å². The molecule has 0 bridgehead atoms. The number of Topliss-reactive ketones (excluding diaryl/α,β-unsaturated/α-hetero) is 1.